The number of aromatic amines is 1. The quantitative estimate of drug-likeness (QED) is 0.529. The summed E-state index contributed by atoms with van der Waals surface area (Å²) < 4.78 is 4.58. The number of ether oxygens (including phenoxy) is 1. The number of anilines is 1. The minimum Gasteiger partial charge on any atom is -0.451 e. The molecule has 182 valence electrons. The molecule has 10 nitrogen and oxygen atoms in total. The minimum absolute atomic E-state index is 0.0911. The lowest BCUT2D eigenvalue weighted by Crippen LogP contribution is -2.48. The largest absolute Gasteiger partial charge is 0.451 e. The molecule has 0 bridgehead atoms. The Morgan fingerprint density at radius 1 is 1.29 bits per heavy atom. The number of rotatable bonds is 4. The summed E-state index contributed by atoms with van der Waals surface area (Å²) in [6, 6.07) is 7.95. The minimum atomic E-state index is -0.661. The molecule has 1 aromatic carbocycles. The van der Waals surface area contributed by atoms with Crippen LogP contribution in [-0.4, -0.2) is 48.1 Å². The second-order valence-electron chi connectivity index (χ2n) is 9.49. The summed E-state index contributed by atoms with van der Waals surface area (Å²) in [6.45, 7) is 5.72. The third-order valence-electron chi connectivity index (χ3n) is 6.40. The molecule has 4 N–H and O–H groups in total. The number of hydrogen-bond donors (Lipinski definition) is 4. The predicted octanol–water partition coefficient (Wildman–Crippen LogP) is 3.53. The maximum absolute atomic E-state index is 12.8. The van der Waals surface area contributed by atoms with E-state index < -0.39 is 12.0 Å². The number of guanidine groups is 1. The molecule has 2 amide bonds. The number of aliphatic imine (C=N–C) groups is 1. The van der Waals surface area contributed by atoms with Gasteiger partial charge >= 0.3 is 6.09 Å². The van der Waals surface area contributed by atoms with Gasteiger partial charge in [-0.15, -0.1) is 4.99 Å². The van der Waals surface area contributed by atoms with Crippen molar-refractivity contribution in [2.24, 2.45) is 10.4 Å². The zero-order valence-electron chi connectivity index (χ0n) is 20.1. The van der Waals surface area contributed by atoms with Crippen LogP contribution in [0.1, 0.15) is 66.5 Å². The van der Waals surface area contributed by atoms with Gasteiger partial charge in [0.2, 0.25) is 5.96 Å². The van der Waals surface area contributed by atoms with Crippen LogP contribution in [0.15, 0.2) is 35.5 Å². The number of imidazole rings is 1. The van der Waals surface area contributed by atoms with Crippen molar-refractivity contribution in [3.8, 4) is 6.07 Å². The number of allylic oxidation sites excluding steroid dienone is 2. The van der Waals surface area contributed by atoms with Crippen LogP contribution in [0.3, 0.4) is 0 Å². The number of nitrogens with zero attached hydrogens (tertiary/aromatic N) is 3. The van der Waals surface area contributed by atoms with E-state index >= 15 is 0 Å². The first-order valence-electron chi connectivity index (χ1n) is 11.5. The zero-order chi connectivity index (χ0) is 25.0. The lowest BCUT2D eigenvalue weighted by atomic mass is 9.76. The fraction of sp³-hybridized carbons (Fsp3) is 0.400. The smallest absolute Gasteiger partial charge is 0.436 e. The number of nitriles is 1. The van der Waals surface area contributed by atoms with E-state index in [1.165, 1.54) is 18.9 Å². The van der Waals surface area contributed by atoms with Gasteiger partial charge in [0, 0.05) is 36.5 Å². The standard InChI is InChI=1S/C25H29N7O3/c1-25(2)8-6-15(7-9-25)19-10-16(17-12-28-23(29-13-17)32-24(34)35-3)4-5-20(19)31-22(33)21-27-14-18(11-26)30-21/h4-6,10,14,17H,7-9,12-13H2,1-3H3,(H,27,30)(H,31,33)(H2,28,29,32,34). The summed E-state index contributed by atoms with van der Waals surface area (Å²) in [6.07, 6.45) is 5.94. The first-order valence-corrected chi connectivity index (χ1v) is 11.5. The molecule has 0 unspecified atom stereocenters. The van der Waals surface area contributed by atoms with Crippen LogP contribution in [0.4, 0.5) is 10.5 Å². The van der Waals surface area contributed by atoms with Crippen molar-refractivity contribution in [2.45, 2.75) is 39.0 Å². The second kappa shape index (κ2) is 10.0. The van der Waals surface area contributed by atoms with E-state index in [-0.39, 0.29) is 22.9 Å². The van der Waals surface area contributed by atoms with E-state index in [4.69, 9.17) is 5.26 Å². The van der Waals surface area contributed by atoms with E-state index in [1.807, 2.05) is 18.2 Å². The molecule has 10 heteroatoms. The maximum Gasteiger partial charge on any atom is 0.436 e. The summed E-state index contributed by atoms with van der Waals surface area (Å²) in [5.74, 6) is 0.221. The van der Waals surface area contributed by atoms with Gasteiger partial charge in [-0.1, -0.05) is 26.0 Å². The van der Waals surface area contributed by atoms with Gasteiger partial charge in [-0.2, -0.15) is 5.26 Å². The maximum atomic E-state index is 12.8. The Labute approximate surface area is 203 Å². The Kier molecular flexibility index (Phi) is 6.87. The summed E-state index contributed by atoms with van der Waals surface area (Å²) in [4.78, 5) is 34.8. The summed E-state index contributed by atoms with van der Waals surface area (Å²) >= 11 is 0. The Balaban J connectivity index is 1.59. The molecule has 0 radical (unpaired) electrons. The van der Waals surface area contributed by atoms with E-state index in [1.54, 1.807) is 0 Å². The SMILES string of the molecule is COC(=O)N=C1NCC(c2ccc(NC(=O)c3nc(C#N)c[nH]3)c(C3=CCC(C)(C)CC3)c2)CN1. The van der Waals surface area contributed by atoms with Gasteiger partial charge in [-0.05, 0) is 47.9 Å². The highest BCUT2D eigenvalue weighted by molar-refractivity contribution is 6.03. The Hall–Kier alpha value is -4.13. The highest BCUT2D eigenvalue weighted by Gasteiger charge is 2.25. The monoisotopic (exact) mass is 475 g/mol. The molecule has 1 aliphatic carbocycles. The molecule has 2 aliphatic rings. The van der Waals surface area contributed by atoms with Crippen molar-refractivity contribution >= 4 is 29.2 Å². The number of hydrogen-bond acceptors (Lipinski definition) is 5. The fourth-order valence-electron chi connectivity index (χ4n) is 4.21. The third-order valence-corrected chi connectivity index (χ3v) is 6.40. The molecule has 1 aliphatic heterocycles. The number of amides is 2. The van der Waals surface area contributed by atoms with Crippen molar-refractivity contribution in [3.05, 3.63) is 53.1 Å². The van der Waals surface area contributed by atoms with Crippen LogP contribution in [0.5, 0.6) is 0 Å². The first kappa shape index (κ1) is 24.0. The topological polar surface area (TPSA) is 144 Å². The number of benzene rings is 1. The zero-order valence-corrected chi connectivity index (χ0v) is 20.1. The van der Waals surface area contributed by atoms with Crippen molar-refractivity contribution < 1.29 is 14.3 Å². The van der Waals surface area contributed by atoms with Gasteiger partial charge in [0.15, 0.2) is 11.5 Å². The molecule has 1 aromatic heterocycles. The number of aromatic nitrogens is 2. The first-order chi connectivity index (χ1) is 16.8. The molecular formula is C25H29N7O3. The Morgan fingerprint density at radius 2 is 2.06 bits per heavy atom. The molecule has 1 saturated heterocycles. The lowest BCUT2D eigenvalue weighted by molar-refractivity contribution is 0.101. The average Bonchev–Trinajstić information content (AvgIpc) is 3.34. The van der Waals surface area contributed by atoms with Crippen LogP contribution >= 0.6 is 0 Å². The summed E-state index contributed by atoms with van der Waals surface area (Å²) in [7, 11) is 1.29. The van der Waals surface area contributed by atoms with Crippen molar-refractivity contribution in [2.75, 3.05) is 25.5 Å². The van der Waals surface area contributed by atoms with Crippen LogP contribution in [0.2, 0.25) is 0 Å². The number of methoxy groups -OCH3 is 1. The molecule has 0 spiro atoms. The molecule has 4 rings (SSSR count). The molecule has 35 heavy (non-hydrogen) atoms. The Morgan fingerprint density at radius 3 is 2.69 bits per heavy atom. The summed E-state index contributed by atoms with van der Waals surface area (Å²) in [5.41, 5.74) is 4.39. The average molecular weight is 476 g/mol. The highest BCUT2D eigenvalue weighted by atomic mass is 16.5. The third kappa shape index (κ3) is 5.69. The molecule has 0 saturated carbocycles. The van der Waals surface area contributed by atoms with E-state index in [2.05, 4.69) is 61.6 Å². The number of carbonyl (C=O) groups excluding carboxylic acids is 2. The molecule has 2 heterocycles. The van der Waals surface area contributed by atoms with Gasteiger partial charge in [-0.25, -0.2) is 9.78 Å². The Bertz CT molecular complexity index is 1230. The van der Waals surface area contributed by atoms with Crippen LogP contribution < -0.4 is 16.0 Å². The van der Waals surface area contributed by atoms with Crippen molar-refractivity contribution in [3.63, 3.8) is 0 Å². The second-order valence-corrected chi connectivity index (χ2v) is 9.49. The fourth-order valence-corrected chi connectivity index (χ4v) is 4.21. The summed E-state index contributed by atoms with van der Waals surface area (Å²) in [5, 5.41) is 18.2. The number of nitrogens with one attached hydrogen (secondary N) is 4. The highest BCUT2D eigenvalue weighted by Crippen LogP contribution is 2.40. The van der Waals surface area contributed by atoms with Crippen LogP contribution in [-0.2, 0) is 4.74 Å². The molecule has 2 aromatic rings. The van der Waals surface area contributed by atoms with E-state index in [9.17, 15) is 9.59 Å². The van der Waals surface area contributed by atoms with Crippen molar-refractivity contribution in [1.82, 2.24) is 20.6 Å². The lowest BCUT2D eigenvalue weighted by Gasteiger charge is -2.30. The van der Waals surface area contributed by atoms with Crippen molar-refractivity contribution in [1.29, 1.82) is 5.26 Å². The van der Waals surface area contributed by atoms with Gasteiger partial charge in [0.25, 0.3) is 5.91 Å². The van der Waals surface area contributed by atoms with Crippen LogP contribution in [0, 0.1) is 16.7 Å². The van der Waals surface area contributed by atoms with Gasteiger partial charge in [-0.3, -0.25) is 4.79 Å². The normalized spacial score (nSPS) is 18.9. The number of H-pyrrole nitrogens is 1. The van der Waals surface area contributed by atoms with Gasteiger partial charge in [0.1, 0.15) is 6.07 Å². The van der Waals surface area contributed by atoms with Gasteiger partial charge in [0.05, 0.1) is 7.11 Å². The number of carbonyl (C=O) groups is 2. The van der Waals surface area contributed by atoms with E-state index in [0.29, 0.717) is 24.7 Å². The van der Waals surface area contributed by atoms with Gasteiger partial charge < -0.3 is 25.7 Å². The molecule has 1 fully saturated rings. The van der Waals surface area contributed by atoms with E-state index in [0.717, 1.165) is 30.4 Å². The van der Waals surface area contributed by atoms with Crippen LogP contribution in [0.25, 0.3) is 5.57 Å². The predicted molar refractivity (Wildman–Crippen MR) is 132 cm³/mol. The molecule has 0 atom stereocenters. The molecular weight excluding hydrogens is 446 g/mol.